The molecule has 4 nitrogen and oxygen atoms in total. The minimum absolute atomic E-state index is 0.167. The summed E-state index contributed by atoms with van der Waals surface area (Å²) in [5.74, 6) is -0.167. The second-order valence-electron chi connectivity index (χ2n) is 3.96. The van der Waals surface area contributed by atoms with E-state index in [9.17, 15) is 4.79 Å². The Bertz CT molecular complexity index is 587. The van der Waals surface area contributed by atoms with Gasteiger partial charge in [0.05, 0.1) is 12.2 Å². The fraction of sp³-hybridized carbons (Fsp3) is 0.286. The average Bonchev–Trinajstić information content (AvgIpc) is 2.44. The fourth-order valence-corrected chi connectivity index (χ4v) is 2.03. The van der Waals surface area contributed by atoms with Crippen molar-refractivity contribution in [3.8, 4) is 0 Å². The van der Waals surface area contributed by atoms with Crippen LogP contribution in [-0.4, -0.2) is 30.6 Å². The summed E-state index contributed by atoms with van der Waals surface area (Å²) in [5.41, 5.74) is 0.525. The van der Waals surface area contributed by atoms with Gasteiger partial charge < -0.3 is 10.1 Å². The zero-order valence-corrected chi connectivity index (χ0v) is 11.4. The van der Waals surface area contributed by atoms with Crippen LogP contribution in [0.2, 0.25) is 5.15 Å². The Morgan fingerprint density at radius 3 is 2.84 bits per heavy atom. The highest BCUT2D eigenvalue weighted by Gasteiger charge is 2.11. The molecule has 2 aromatic rings. The van der Waals surface area contributed by atoms with Crippen LogP contribution in [0.4, 0.5) is 0 Å². The zero-order chi connectivity index (χ0) is 13.7. The van der Waals surface area contributed by atoms with Gasteiger partial charge in [0, 0.05) is 24.7 Å². The minimum Gasteiger partial charge on any atom is -0.380 e. The number of hydrogen-bond donors (Lipinski definition) is 1. The van der Waals surface area contributed by atoms with E-state index in [1.165, 1.54) is 6.20 Å². The van der Waals surface area contributed by atoms with Gasteiger partial charge in [0.25, 0.3) is 5.91 Å². The van der Waals surface area contributed by atoms with E-state index in [0.717, 1.165) is 10.8 Å². The Morgan fingerprint density at radius 1 is 1.37 bits per heavy atom. The Balaban J connectivity index is 2.20. The van der Waals surface area contributed by atoms with Crippen LogP contribution in [0.25, 0.3) is 10.8 Å². The maximum Gasteiger partial charge on any atom is 0.253 e. The molecule has 2 rings (SSSR count). The molecule has 1 heterocycles. The Labute approximate surface area is 116 Å². The maximum absolute atomic E-state index is 12.1. The Kier molecular flexibility index (Phi) is 4.71. The lowest BCUT2D eigenvalue weighted by Gasteiger charge is -2.08. The first-order valence-corrected chi connectivity index (χ1v) is 6.51. The lowest BCUT2D eigenvalue weighted by Crippen LogP contribution is -2.27. The van der Waals surface area contributed by atoms with Crippen molar-refractivity contribution in [2.24, 2.45) is 0 Å². The first-order chi connectivity index (χ1) is 9.24. The summed E-state index contributed by atoms with van der Waals surface area (Å²) in [6, 6.07) is 7.45. The molecule has 19 heavy (non-hydrogen) atoms. The summed E-state index contributed by atoms with van der Waals surface area (Å²) in [5, 5.41) is 4.78. The smallest absolute Gasteiger partial charge is 0.253 e. The molecular weight excluding hydrogens is 264 g/mol. The summed E-state index contributed by atoms with van der Waals surface area (Å²) in [6.07, 6.45) is 1.50. The second kappa shape index (κ2) is 6.50. The van der Waals surface area contributed by atoms with Gasteiger partial charge in [-0.25, -0.2) is 4.98 Å². The van der Waals surface area contributed by atoms with Crippen LogP contribution in [-0.2, 0) is 4.74 Å². The van der Waals surface area contributed by atoms with E-state index in [2.05, 4.69) is 10.3 Å². The van der Waals surface area contributed by atoms with Gasteiger partial charge in [0.2, 0.25) is 0 Å². The topological polar surface area (TPSA) is 51.2 Å². The van der Waals surface area contributed by atoms with Gasteiger partial charge in [-0.05, 0) is 12.3 Å². The van der Waals surface area contributed by atoms with Crippen molar-refractivity contribution >= 4 is 28.3 Å². The normalized spacial score (nSPS) is 10.6. The highest BCUT2D eigenvalue weighted by Crippen LogP contribution is 2.23. The summed E-state index contributed by atoms with van der Waals surface area (Å²) in [4.78, 5) is 16.1. The molecule has 1 N–H and O–H groups in total. The van der Waals surface area contributed by atoms with Crippen molar-refractivity contribution in [2.75, 3.05) is 19.8 Å². The molecule has 0 radical (unpaired) electrons. The van der Waals surface area contributed by atoms with E-state index in [1.807, 2.05) is 31.2 Å². The molecule has 0 fully saturated rings. The minimum atomic E-state index is -0.167. The van der Waals surface area contributed by atoms with Crippen LogP contribution >= 0.6 is 11.6 Å². The van der Waals surface area contributed by atoms with E-state index < -0.39 is 0 Å². The Hall–Kier alpha value is -1.65. The quantitative estimate of drug-likeness (QED) is 0.676. The summed E-state index contributed by atoms with van der Waals surface area (Å²) in [6.45, 7) is 3.53. The van der Waals surface area contributed by atoms with Gasteiger partial charge in [-0.15, -0.1) is 0 Å². The third-order valence-electron chi connectivity index (χ3n) is 2.73. The number of fused-ring (bicyclic) bond motifs is 1. The van der Waals surface area contributed by atoms with Crippen molar-refractivity contribution in [1.82, 2.24) is 10.3 Å². The lowest BCUT2D eigenvalue weighted by atomic mass is 10.1. The monoisotopic (exact) mass is 278 g/mol. The molecule has 0 unspecified atom stereocenters. The SMILES string of the molecule is CCOCCNC(=O)c1cnc(Cl)c2ccccc12. The number of rotatable bonds is 5. The Morgan fingerprint density at radius 2 is 2.11 bits per heavy atom. The molecule has 0 aliphatic heterocycles. The number of ether oxygens (including phenoxy) is 1. The number of pyridine rings is 1. The molecule has 1 amide bonds. The van der Waals surface area contributed by atoms with Crippen LogP contribution in [0, 0.1) is 0 Å². The van der Waals surface area contributed by atoms with E-state index in [1.54, 1.807) is 0 Å². The van der Waals surface area contributed by atoms with Crippen LogP contribution in [0.15, 0.2) is 30.5 Å². The van der Waals surface area contributed by atoms with Crippen molar-refractivity contribution in [3.05, 3.63) is 41.2 Å². The molecule has 1 aromatic carbocycles. The summed E-state index contributed by atoms with van der Waals surface area (Å²) in [7, 11) is 0. The average molecular weight is 279 g/mol. The van der Waals surface area contributed by atoms with Crippen molar-refractivity contribution in [3.63, 3.8) is 0 Å². The number of carbonyl (C=O) groups is 1. The number of hydrogen-bond acceptors (Lipinski definition) is 3. The molecule has 100 valence electrons. The molecule has 0 bridgehead atoms. The highest BCUT2D eigenvalue weighted by atomic mass is 35.5. The van der Waals surface area contributed by atoms with Crippen LogP contribution in [0.3, 0.4) is 0 Å². The molecule has 0 spiro atoms. The number of aromatic nitrogens is 1. The first-order valence-electron chi connectivity index (χ1n) is 6.13. The molecular formula is C14H15ClN2O2. The first kappa shape index (κ1) is 13.8. The number of nitrogens with zero attached hydrogens (tertiary/aromatic N) is 1. The van der Waals surface area contributed by atoms with Gasteiger partial charge in [0.1, 0.15) is 5.15 Å². The number of benzene rings is 1. The van der Waals surface area contributed by atoms with Gasteiger partial charge >= 0.3 is 0 Å². The largest absolute Gasteiger partial charge is 0.380 e. The molecule has 5 heteroatoms. The molecule has 1 aromatic heterocycles. The standard InChI is InChI=1S/C14H15ClN2O2/c1-2-19-8-7-16-14(18)12-9-17-13(15)11-6-4-3-5-10(11)12/h3-6,9H,2,7-8H2,1H3,(H,16,18). The lowest BCUT2D eigenvalue weighted by molar-refractivity contribution is 0.0924. The van der Waals surface area contributed by atoms with Crippen LogP contribution in [0.1, 0.15) is 17.3 Å². The van der Waals surface area contributed by atoms with Crippen LogP contribution in [0.5, 0.6) is 0 Å². The van der Waals surface area contributed by atoms with Gasteiger partial charge in [-0.3, -0.25) is 4.79 Å². The van der Waals surface area contributed by atoms with E-state index in [4.69, 9.17) is 16.3 Å². The molecule has 0 aliphatic rings. The third kappa shape index (κ3) is 3.22. The molecule has 0 saturated heterocycles. The fourth-order valence-electron chi connectivity index (χ4n) is 1.82. The number of carbonyl (C=O) groups excluding carboxylic acids is 1. The van der Waals surface area contributed by atoms with Crippen LogP contribution < -0.4 is 5.32 Å². The number of halogens is 1. The second-order valence-corrected chi connectivity index (χ2v) is 4.32. The number of amides is 1. The van der Waals surface area contributed by atoms with Gasteiger partial charge in [-0.1, -0.05) is 35.9 Å². The number of nitrogens with one attached hydrogen (secondary N) is 1. The predicted octanol–water partition coefficient (Wildman–Crippen LogP) is 2.65. The van der Waals surface area contributed by atoms with E-state index in [-0.39, 0.29) is 5.91 Å². The van der Waals surface area contributed by atoms with Gasteiger partial charge in [0.15, 0.2) is 0 Å². The van der Waals surface area contributed by atoms with Crippen molar-refractivity contribution in [2.45, 2.75) is 6.92 Å². The molecule has 0 saturated carbocycles. The molecule has 0 atom stereocenters. The summed E-state index contributed by atoms with van der Waals surface area (Å²) >= 11 is 6.02. The van der Waals surface area contributed by atoms with E-state index >= 15 is 0 Å². The van der Waals surface area contributed by atoms with Crippen molar-refractivity contribution < 1.29 is 9.53 Å². The van der Waals surface area contributed by atoms with Crippen molar-refractivity contribution in [1.29, 1.82) is 0 Å². The zero-order valence-electron chi connectivity index (χ0n) is 10.6. The van der Waals surface area contributed by atoms with Gasteiger partial charge in [-0.2, -0.15) is 0 Å². The third-order valence-corrected chi connectivity index (χ3v) is 3.03. The summed E-state index contributed by atoms with van der Waals surface area (Å²) < 4.78 is 5.17. The molecule has 0 aliphatic carbocycles. The predicted molar refractivity (Wildman–Crippen MR) is 75.6 cm³/mol. The maximum atomic E-state index is 12.1. The van der Waals surface area contributed by atoms with E-state index in [0.29, 0.717) is 30.5 Å². The highest BCUT2D eigenvalue weighted by molar-refractivity contribution is 6.34.